The van der Waals surface area contributed by atoms with E-state index in [0.29, 0.717) is 50.8 Å². The number of nitrogens with two attached hydrogens (primary N) is 10. The maximum absolute atomic E-state index is 14.1. The minimum atomic E-state index is -1.53. The molecule has 3 heterocycles. The summed E-state index contributed by atoms with van der Waals surface area (Å²) in [4.78, 5) is 208. The highest BCUT2D eigenvalue weighted by molar-refractivity contribution is 5.99. The Kier molecular flexibility index (Phi) is 38.5. The van der Waals surface area contributed by atoms with Crippen LogP contribution in [-0.2, 0) is 73.5 Å². The van der Waals surface area contributed by atoms with Gasteiger partial charge in [-0.2, -0.15) is 0 Å². The number of aromatic nitrogens is 2. The second kappa shape index (κ2) is 45.9. The number of carboxylic acids is 1. The molecular weight excluding hydrogens is 1330 g/mol. The van der Waals surface area contributed by atoms with Crippen molar-refractivity contribution >= 4 is 101 Å². The smallest absolute Gasteiger partial charge is 0.326 e. The second-order valence-corrected chi connectivity index (χ2v) is 24.0. The highest BCUT2D eigenvalue weighted by atomic mass is 16.4. The molecule has 2 aliphatic heterocycles. The van der Waals surface area contributed by atoms with Crippen LogP contribution in [0.5, 0.6) is 0 Å². The molecule has 0 saturated carbocycles. The van der Waals surface area contributed by atoms with Crippen LogP contribution >= 0.6 is 0 Å². The fourth-order valence-electron chi connectivity index (χ4n) is 10.7. The highest BCUT2D eigenvalue weighted by Crippen LogP contribution is 2.21. The zero-order valence-electron chi connectivity index (χ0n) is 56.7. The fraction of sp³-hybridized carbons (Fsp3) is 0.661. The van der Waals surface area contributed by atoms with Gasteiger partial charge in [0.25, 0.3) is 0 Å². The summed E-state index contributed by atoms with van der Waals surface area (Å²) in [6.45, 7) is -1.69. The van der Waals surface area contributed by atoms with Crippen molar-refractivity contribution < 1.29 is 72.2 Å². The van der Waals surface area contributed by atoms with E-state index in [1.807, 2.05) is 0 Å². The Balaban J connectivity index is 1.68. The summed E-state index contributed by atoms with van der Waals surface area (Å²) in [5.74, 6) is -12.5. The number of nitrogens with one attached hydrogen (secondary N) is 11. The van der Waals surface area contributed by atoms with E-state index >= 15 is 0 Å². The van der Waals surface area contributed by atoms with Gasteiger partial charge in [-0.05, 0) is 116 Å². The first-order valence-corrected chi connectivity index (χ1v) is 33.4. The Bertz CT molecular complexity index is 3030. The third kappa shape index (κ3) is 32.8. The van der Waals surface area contributed by atoms with Gasteiger partial charge in [-0.1, -0.05) is 6.42 Å². The Labute approximate surface area is 582 Å². The van der Waals surface area contributed by atoms with E-state index in [1.54, 1.807) is 0 Å². The van der Waals surface area contributed by atoms with E-state index in [0.717, 1.165) is 0 Å². The molecule has 0 aromatic carbocycles. The second-order valence-electron chi connectivity index (χ2n) is 24.0. The minimum absolute atomic E-state index is 0.00791. The molecule has 9 atom stereocenters. The molecule has 1 aromatic heterocycles. The first kappa shape index (κ1) is 84.7. The van der Waals surface area contributed by atoms with Gasteiger partial charge in [0.1, 0.15) is 48.3 Å². The molecule has 42 nitrogen and oxygen atoms in total. The number of primary amides is 1. The van der Waals surface area contributed by atoms with Gasteiger partial charge in [-0.25, -0.2) is 9.78 Å². The molecule has 1 aromatic rings. The number of carbonyl (C=O) groups is 14. The Hall–Kier alpha value is -10.5. The van der Waals surface area contributed by atoms with Crippen molar-refractivity contribution in [3.8, 4) is 0 Å². The number of aliphatic imine (C=N–C) groups is 3. The predicted molar refractivity (Wildman–Crippen MR) is 365 cm³/mol. The van der Waals surface area contributed by atoms with E-state index in [2.05, 4.69) is 78.1 Å². The van der Waals surface area contributed by atoms with E-state index < -0.39 is 170 Å². The average Bonchev–Trinajstić information content (AvgIpc) is 1.71. The van der Waals surface area contributed by atoms with Gasteiger partial charge in [0.15, 0.2) is 17.9 Å². The number of nitrogens with zero attached hydrogens (tertiary/aromatic N) is 6. The van der Waals surface area contributed by atoms with Crippen molar-refractivity contribution in [2.75, 3.05) is 72.0 Å². The standard InChI is InChI=1S/C59H103N27O15/c60-19-3-1-10-34(62)48(92)75-29-46(90)80-40(26-33-27-70-32-78-33)55(99)86-25-9-15-41(86)53(97)77-28-44(88)74-31-47(91)85-24-8-16-42(85)54(98)83-38(17-18-43(63)87)52(96)81-35(11-2-4-20-61)49(93)76-30-45(89)79-36(12-5-21-71-57(64)65)50(94)82-37(13-6-22-72-58(66)67)51(95)84-39(56(100)101)14-7-23-73-59(68)69/h27,32,34-42H,1-26,28-31,60-62H2,(H2,63,87)(H,70,78)(H,74,88)(H,75,92)(H,76,93)(H,77,97)(H,79,89)(H,80,90)(H,81,96)(H,82,94)(H,83,98)(H,84,95)(H,100,101)(H4,64,65,71)(H4,66,67,72)(H4,68,69,73)/t34-,35-,36-,37-,38-,39-,40-,41-,42-/m0/s1. The van der Waals surface area contributed by atoms with Gasteiger partial charge in [0.05, 0.1) is 38.5 Å². The molecule has 13 amide bonds. The van der Waals surface area contributed by atoms with Crippen molar-refractivity contribution in [1.82, 2.24) is 72.9 Å². The van der Waals surface area contributed by atoms with E-state index in [9.17, 15) is 72.2 Å². The summed E-state index contributed by atoms with van der Waals surface area (Å²) in [6, 6.07) is -11.5. The Morgan fingerprint density at radius 1 is 0.495 bits per heavy atom. The topological polar surface area (TPSA) is 712 Å². The summed E-state index contributed by atoms with van der Waals surface area (Å²) >= 11 is 0. The number of H-pyrrole nitrogens is 1. The van der Waals surface area contributed by atoms with Crippen LogP contribution in [0.3, 0.4) is 0 Å². The van der Waals surface area contributed by atoms with Crippen molar-refractivity contribution in [3.05, 3.63) is 18.2 Å². The normalized spacial score (nSPS) is 16.0. The van der Waals surface area contributed by atoms with Crippen LogP contribution in [0.25, 0.3) is 0 Å². The number of aliphatic carboxylic acids is 1. The monoisotopic (exact) mass is 1430 g/mol. The highest BCUT2D eigenvalue weighted by Gasteiger charge is 2.40. The molecule has 42 heteroatoms. The summed E-state index contributed by atoms with van der Waals surface area (Å²) in [5, 5.41) is 34.8. The van der Waals surface area contributed by atoms with Gasteiger partial charge < -0.3 is 130 Å². The van der Waals surface area contributed by atoms with Gasteiger partial charge in [-0.3, -0.25) is 77.3 Å². The molecule has 564 valence electrons. The molecule has 2 aliphatic rings. The lowest BCUT2D eigenvalue weighted by atomic mass is 10.1. The number of guanidine groups is 3. The zero-order chi connectivity index (χ0) is 75.0. The molecule has 2 fully saturated rings. The summed E-state index contributed by atoms with van der Waals surface area (Å²) < 4.78 is 0. The number of amides is 13. The maximum Gasteiger partial charge on any atom is 0.326 e. The maximum atomic E-state index is 14.1. The molecular formula is C59H103N27O15. The Morgan fingerprint density at radius 3 is 1.47 bits per heavy atom. The van der Waals surface area contributed by atoms with Gasteiger partial charge in [0.2, 0.25) is 76.8 Å². The third-order valence-electron chi connectivity index (χ3n) is 16.0. The van der Waals surface area contributed by atoms with Crippen LogP contribution in [0.15, 0.2) is 27.5 Å². The molecule has 0 unspecified atom stereocenters. The molecule has 3 rings (SSSR count). The van der Waals surface area contributed by atoms with Crippen LogP contribution in [0.2, 0.25) is 0 Å². The van der Waals surface area contributed by atoms with Crippen molar-refractivity contribution in [2.45, 2.75) is 176 Å². The molecule has 0 radical (unpaired) electrons. The van der Waals surface area contributed by atoms with Gasteiger partial charge in [0, 0.05) is 57.5 Å². The van der Waals surface area contributed by atoms with Crippen LogP contribution in [0.4, 0.5) is 0 Å². The van der Waals surface area contributed by atoms with Crippen molar-refractivity contribution in [1.29, 1.82) is 0 Å². The lowest BCUT2D eigenvalue weighted by molar-refractivity contribution is -0.142. The number of imidazole rings is 1. The predicted octanol–water partition coefficient (Wildman–Crippen LogP) is -10.6. The molecule has 0 aliphatic carbocycles. The number of carbonyl (C=O) groups excluding carboxylic acids is 13. The first-order valence-electron chi connectivity index (χ1n) is 33.4. The lowest BCUT2D eigenvalue weighted by Gasteiger charge is -2.28. The van der Waals surface area contributed by atoms with Crippen LogP contribution in [-0.4, -0.2) is 252 Å². The van der Waals surface area contributed by atoms with Crippen molar-refractivity contribution in [2.24, 2.45) is 72.3 Å². The lowest BCUT2D eigenvalue weighted by Crippen LogP contribution is -2.58. The van der Waals surface area contributed by atoms with Crippen LogP contribution in [0.1, 0.15) is 121 Å². The first-order chi connectivity index (χ1) is 48.0. The summed E-state index contributed by atoms with van der Waals surface area (Å²) in [7, 11) is 0. The number of unbranched alkanes of at least 4 members (excludes halogenated alkanes) is 2. The minimum Gasteiger partial charge on any atom is -0.480 e. The molecule has 101 heavy (non-hydrogen) atoms. The van der Waals surface area contributed by atoms with Gasteiger partial charge >= 0.3 is 5.97 Å². The molecule has 2 saturated heterocycles. The van der Waals surface area contributed by atoms with E-state index in [-0.39, 0.29) is 134 Å². The van der Waals surface area contributed by atoms with E-state index in [1.165, 1.54) is 22.3 Å². The average molecular weight is 1430 g/mol. The largest absolute Gasteiger partial charge is 0.480 e. The number of likely N-dealkylation sites (tertiary alicyclic amines) is 2. The quantitative estimate of drug-likeness (QED) is 0.0164. The third-order valence-corrected chi connectivity index (χ3v) is 16.0. The Morgan fingerprint density at radius 2 is 0.950 bits per heavy atom. The number of aromatic amines is 1. The molecule has 32 N–H and O–H groups in total. The van der Waals surface area contributed by atoms with E-state index in [4.69, 9.17) is 57.3 Å². The van der Waals surface area contributed by atoms with Crippen molar-refractivity contribution in [3.63, 3.8) is 0 Å². The summed E-state index contributed by atoms with van der Waals surface area (Å²) in [6.07, 6.45) is 5.24. The molecule has 0 bridgehead atoms. The van der Waals surface area contributed by atoms with Gasteiger partial charge in [-0.15, -0.1) is 0 Å². The van der Waals surface area contributed by atoms with Crippen LogP contribution < -0.4 is 111 Å². The zero-order valence-corrected chi connectivity index (χ0v) is 56.7. The van der Waals surface area contributed by atoms with Crippen LogP contribution in [0, 0.1) is 0 Å². The molecule has 0 spiro atoms. The number of hydrogen-bond acceptors (Lipinski definition) is 21. The SMILES string of the molecule is NCCCC[C@H](NC(=O)[C@H](CCC(N)=O)NC(=O)[C@@H]1CCCN1C(=O)CNC(=O)CNC(=O)[C@@H]1CCCN1C(=O)[C@H](Cc1cnc[nH]1)NC(=O)CNC(=O)[C@@H](N)CCCCN)C(=O)NCC(=O)N[C@@H](CCCN=C(N)N)C(=O)N[C@@H](CCCN=C(N)N)C(=O)N[C@@H](CCCN=C(N)N)C(=O)O. The summed E-state index contributed by atoms with van der Waals surface area (Å²) in [5.41, 5.74) is 55.7. The fourth-order valence-corrected chi connectivity index (χ4v) is 10.7. The number of rotatable bonds is 48. The number of carboxylic acid groups (broad SMARTS) is 1. The number of hydrogen-bond donors (Lipinski definition) is 22.